The Morgan fingerprint density at radius 3 is 2.25 bits per heavy atom. The standard InChI is InChI=1S/C19H28N2O6S/c1-13(2)12-17(19(23)24)20-18(22)14-8-10-21(11-9-14)28(25,26)16-6-4-15(27-3)5-7-16/h4-7,13-14,17H,8-12H2,1-3H3,(H,20,22)(H,23,24). The molecule has 156 valence electrons. The summed E-state index contributed by atoms with van der Waals surface area (Å²) in [6, 6.07) is 5.25. The van der Waals surface area contributed by atoms with Crippen molar-refractivity contribution < 1.29 is 27.9 Å². The third-order valence-electron chi connectivity index (χ3n) is 4.84. The Labute approximate surface area is 165 Å². The van der Waals surface area contributed by atoms with Gasteiger partial charge in [-0.05, 0) is 49.4 Å². The van der Waals surface area contributed by atoms with Crippen molar-refractivity contribution in [3.05, 3.63) is 24.3 Å². The zero-order chi connectivity index (χ0) is 20.9. The fourth-order valence-corrected chi connectivity index (χ4v) is 4.71. The van der Waals surface area contributed by atoms with Crippen LogP contribution in [0, 0.1) is 11.8 Å². The minimum absolute atomic E-state index is 0.137. The number of carboxylic acid groups (broad SMARTS) is 1. The molecular weight excluding hydrogens is 384 g/mol. The van der Waals surface area contributed by atoms with Crippen LogP contribution in [-0.4, -0.2) is 55.9 Å². The number of sulfonamides is 1. The third kappa shape index (κ3) is 5.45. The van der Waals surface area contributed by atoms with Crippen molar-refractivity contribution in [1.29, 1.82) is 0 Å². The van der Waals surface area contributed by atoms with Crippen LogP contribution >= 0.6 is 0 Å². The number of piperidine rings is 1. The van der Waals surface area contributed by atoms with Gasteiger partial charge >= 0.3 is 5.97 Å². The number of carbonyl (C=O) groups excluding carboxylic acids is 1. The Bertz CT molecular complexity index is 783. The monoisotopic (exact) mass is 412 g/mol. The summed E-state index contributed by atoms with van der Waals surface area (Å²) < 4.78 is 31.9. The van der Waals surface area contributed by atoms with Crippen molar-refractivity contribution in [3.63, 3.8) is 0 Å². The maximum atomic E-state index is 12.8. The number of nitrogens with one attached hydrogen (secondary N) is 1. The van der Waals surface area contributed by atoms with E-state index in [0.717, 1.165) is 0 Å². The highest BCUT2D eigenvalue weighted by Gasteiger charge is 2.33. The van der Waals surface area contributed by atoms with Gasteiger partial charge in [-0.2, -0.15) is 4.31 Å². The highest BCUT2D eigenvalue weighted by atomic mass is 32.2. The third-order valence-corrected chi connectivity index (χ3v) is 6.76. The largest absolute Gasteiger partial charge is 0.497 e. The molecule has 1 heterocycles. The predicted octanol–water partition coefficient (Wildman–Crippen LogP) is 1.71. The highest BCUT2D eigenvalue weighted by molar-refractivity contribution is 7.89. The van der Waals surface area contributed by atoms with E-state index in [1.807, 2.05) is 13.8 Å². The number of rotatable bonds is 8. The molecule has 1 aliphatic rings. The van der Waals surface area contributed by atoms with Gasteiger partial charge in [0.1, 0.15) is 11.8 Å². The lowest BCUT2D eigenvalue weighted by Gasteiger charge is -2.31. The van der Waals surface area contributed by atoms with Crippen molar-refractivity contribution in [2.45, 2.75) is 44.0 Å². The van der Waals surface area contributed by atoms with Gasteiger partial charge in [0.15, 0.2) is 0 Å². The number of ether oxygens (including phenoxy) is 1. The van der Waals surface area contributed by atoms with Crippen LogP contribution < -0.4 is 10.1 Å². The van der Waals surface area contributed by atoms with Gasteiger partial charge in [0.25, 0.3) is 0 Å². The van der Waals surface area contributed by atoms with Gasteiger partial charge in [0.2, 0.25) is 15.9 Å². The number of benzene rings is 1. The molecule has 1 saturated heterocycles. The van der Waals surface area contributed by atoms with Crippen LogP contribution in [0.3, 0.4) is 0 Å². The molecule has 9 heteroatoms. The fraction of sp³-hybridized carbons (Fsp3) is 0.579. The van der Waals surface area contributed by atoms with Crippen molar-refractivity contribution in [2.75, 3.05) is 20.2 Å². The Morgan fingerprint density at radius 1 is 1.21 bits per heavy atom. The molecule has 28 heavy (non-hydrogen) atoms. The summed E-state index contributed by atoms with van der Waals surface area (Å²) >= 11 is 0. The van der Waals surface area contributed by atoms with E-state index in [1.165, 1.54) is 23.5 Å². The lowest BCUT2D eigenvalue weighted by Crippen LogP contribution is -2.47. The number of aliphatic carboxylic acids is 1. The van der Waals surface area contributed by atoms with E-state index in [0.29, 0.717) is 25.0 Å². The molecule has 0 saturated carbocycles. The van der Waals surface area contributed by atoms with Crippen LogP contribution in [0.2, 0.25) is 0 Å². The average molecular weight is 413 g/mol. The van der Waals surface area contributed by atoms with Gasteiger partial charge in [0.05, 0.1) is 12.0 Å². The number of hydrogen-bond acceptors (Lipinski definition) is 5. The van der Waals surface area contributed by atoms with Crippen LogP contribution in [0.4, 0.5) is 0 Å². The molecule has 0 aliphatic carbocycles. The van der Waals surface area contributed by atoms with E-state index in [9.17, 15) is 23.1 Å². The molecule has 1 amide bonds. The molecule has 1 aromatic carbocycles. The van der Waals surface area contributed by atoms with E-state index < -0.39 is 28.0 Å². The molecule has 0 radical (unpaired) electrons. The molecular formula is C19H28N2O6S. The summed E-state index contributed by atoms with van der Waals surface area (Å²) in [5, 5.41) is 11.9. The Kier molecular flexibility index (Phi) is 7.42. The fourth-order valence-electron chi connectivity index (χ4n) is 3.24. The molecule has 1 unspecified atom stereocenters. The van der Waals surface area contributed by atoms with E-state index in [1.54, 1.807) is 12.1 Å². The first kappa shape index (κ1) is 22.2. The molecule has 2 N–H and O–H groups in total. The smallest absolute Gasteiger partial charge is 0.326 e. The SMILES string of the molecule is COc1ccc(S(=O)(=O)N2CCC(C(=O)NC(CC(C)C)C(=O)O)CC2)cc1. The minimum Gasteiger partial charge on any atom is -0.497 e. The van der Waals surface area contributed by atoms with Crippen molar-refractivity contribution in [3.8, 4) is 5.75 Å². The molecule has 1 aliphatic heterocycles. The van der Waals surface area contributed by atoms with Gasteiger partial charge in [-0.1, -0.05) is 13.8 Å². The van der Waals surface area contributed by atoms with Gasteiger partial charge in [0, 0.05) is 19.0 Å². The lowest BCUT2D eigenvalue weighted by atomic mass is 9.96. The number of amides is 1. The summed E-state index contributed by atoms with van der Waals surface area (Å²) in [5.74, 6) is -1.06. The number of carboxylic acids is 1. The molecule has 0 aromatic heterocycles. The zero-order valence-electron chi connectivity index (χ0n) is 16.4. The van der Waals surface area contributed by atoms with E-state index in [2.05, 4.69) is 5.32 Å². The maximum Gasteiger partial charge on any atom is 0.326 e. The maximum absolute atomic E-state index is 12.8. The number of hydrogen-bond donors (Lipinski definition) is 2. The van der Waals surface area contributed by atoms with Crippen LogP contribution in [-0.2, 0) is 19.6 Å². The molecule has 2 rings (SSSR count). The number of carbonyl (C=O) groups is 2. The van der Waals surface area contributed by atoms with Crippen LogP contribution in [0.5, 0.6) is 5.75 Å². The molecule has 1 fully saturated rings. The summed E-state index contributed by atoms with van der Waals surface area (Å²) in [6.45, 7) is 4.22. The Balaban J connectivity index is 1.97. The Hall–Kier alpha value is -2.13. The van der Waals surface area contributed by atoms with E-state index in [4.69, 9.17) is 4.74 Å². The highest BCUT2D eigenvalue weighted by Crippen LogP contribution is 2.25. The van der Waals surface area contributed by atoms with Gasteiger partial charge in [-0.15, -0.1) is 0 Å². The average Bonchev–Trinajstić information content (AvgIpc) is 2.67. The summed E-state index contributed by atoms with van der Waals surface area (Å²) in [6.07, 6.45) is 1.07. The number of methoxy groups -OCH3 is 1. The summed E-state index contributed by atoms with van der Waals surface area (Å²) in [5.41, 5.74) is 0. The first-order valence-electron chi connectivity index (χ1n) is 9.32. The van der Waals surface area contributed by atoms with Crippen molar-refractivity contribution in [2.24, 2.45) is 11.8 Å². The molecule has 0 spiro atoms. The topological polar surface area (TPSA) is 113 Å². The molecule has 8 nitrogen and oxygen atoms in total. The van der Waals surface area contributed by atoms with Crippen LogP contribution in [0.15, 0.2) is 29.2 Å². The van der Waals surface area contributed by atoms with Crippen molar-refractivity contribution >= 4 is 21.9 Å². The minimum atomic E-state index is -3.64. The van der Waals surface area contributed by atoms with Gasteiger partial charge < -0.3 is 15.2 Å². The Morgan fingerprint density at radius 2 is 1.79 bits per heavy atom. The zero-order valence-corrected chi connectivity index (χ0v) is 17.2. The quantitative estimate of drug-likeness (QED) is 0.672. The predicted molar refractivity (Wildman–Crippen MR) is 103 cm³/mol. The summed E-state index contributed by atoms with van der Waals surface area (Å²) in [7, 11) is -2.13. The normalized spacial score (nSPS) is 17.3. The summed E-state index contributed by atoms with van der Waals surface area (Å²) in [4.78, 5) is 23.9. The lowest BCUT2D eigenvalue weighted by molar-refractivity contribution is -0.143. The van der Waals surface area contributed by atoms with Crippen LogP contribution in [0.1, 0.15) is 33.1 Å². The second-order valence-electron chi connectivity index (χ2n) is 7.38. The van der Waals surface area contributed by atoms with Crippen molar-refractivity contribution in [1.82, 2.24) is 9.62 Å². The molecule has 1 atom stereocenters. The first-order chi connectivity index (χ1) is 13.1. The molecule has 0 bridgehead atoms. The first-order valence-corrected chi connectivity index (χ1v) is 10.8. The second kappa shape index (κ2) is 9.38. The van der Waals surface area contributed by atoms with Gasteiger partial charge in [-0.25, -0.2) is 13.2 Å². The number of nitrogens with zero attached hydrogens (tertiary/aromatic N) is 1. The van der Waals surface area contributed by atoms with E-state index in [-0.39, 0.29) is 29.8 Å². The van der Waals surface area contributed by atoms with E-state index >= 15 is 0 Å². The second-order valence-corrected chi connectivity index (χ2v) is 9.32. The molecule has 1 aromatic rings. The van der Waals surface area contributed by atoms with Gasteiger partial charge in [-0.3, -0.25) is 4.79 Å². The van der Waals surface area contributed by atoms with Crippen LogP contribution in [0.25, 0.3) is 0 Å².